The highest BCUT2D eigenvalue weighted by atomic mass is 32.2. The molecule has 0 spiro atoms. The minimum atomic E-state index is -3.29. The molecule has 0 saturated carbocycles. The molecule has 1 rings (SSSR count). The number of aromatic amines is 1. The lowest BCUT2D eigenvalue weighted by Gasteiger charge is -2.02. The molecule has 12 heavy (non-hydrogen) atoms. The Hall–Kier alpha value is -1.08. The van der Waals surface area contributed by atoms with Gasteiger partial charge in [0, 0.05) is 12.7 Å². The maximum absolute atomic E-state index is 11.1. The van der Waals surface area contributed by atoms with Gasteiger partial charge in [0.25, 0.3) is 0 Å². The number of rotatable bonds is 4. The van der Waals surface area contributed by atoms with Crippen molar-refractivity contribution in [2.45, 2.75) is 0 Å². The van der Waals surface area contributed by atoms with Gasteiger partial charge in [0.2, 0.25) is 10.0 Å². The highest BCUT2D eigenvalue weighted by molar-refractivity contribution is 7.92. The van der Waals surface area contributed by atoms with E-state index in [1.165, 1.54) is 12.4 Å². The average molecular weight is 190 g/mol. The van der Waals surface area contributed by atoms with E-state index in [4.69, 9.17) is 5.73 Å². The molecule has 0 saturated heterocycles. The van der Waals surface area contributed by atoms with Crippen LogP contribution in [0.1, 0.15) is 0 Å². The summed E-state index contributed by atoms with van der Waals surface area (Å²) in [4.78, 5) is 0. The second-order valence-electron chi connectivity index (χ2n) is 2.20. The van der Waals surface area contributed by atoms with Gasteiger partial charge in [-0.25, -0.2) is 8.42 Å². The maximum Gasteiger partial charge on any atom is 0.234 e. The summed E-state index contributed by atoms with van der Waals surface area (Å²) in [6.45, 7) is 0.104. The predicted octanol–water partition coefficient (Wildman–Crippen LogP) is -0.890. The Morgan fingerprint density at radius 1 is 1.67 bits per heavy atom. The van der Waals surface area contributed by atoms with Crippen LogP contribution in [-0.2, 0) is 10.0 Å². The first-order valence-electron chi connectivity index (χ1n) is 3.33. The third-order valence-corrected chi connectivity index (χ3v) is 2.48. The van der Waals surface area contributed by atoms with Gasteiger partial charge in [-0.3, -0.25) is 9.82 Å². The molecule has 0 radical (unpaired) electrons. The molecule has 4 N–H and O–H groups in total. The Bertz CT molecular complexity index is 317. The van der Waals surface area contributed by atoms with Gasteiger partial charge in [-0.1, -0.05) is 0 Å². The van der Waals surface area contributed by atoms with Gasteiger partial charge in [-0.2, -0.15) is 5.10 Å². The molecule has 0 aliphatic carbocycles. The molecule has 0 unspecified atom stereocenters. The lowest BCUT2D eigenvalue weighted by molar-refractivity contribution is 0.601. The van der Waals surface area contributed by atoms with Crippen molar-refractivity contribution in [2.75, 3.05) is 17.0 Å². The average Bonchev–Trinajstić information content (AvgIpc) is 2.38. The zero-order chi connectivity index (χ0) is 9.03. The quantitative estimate of drug-likeness (QED) is 0.573. The van der Waals surface area contributed by atoms with Crippen LogP contribution in [0.4, 0.5) is 5.69 Å². The van der Waals surface area contributed by atoms with E-state index in [-0.39, 0.29) is 12.3 Å². The van der Waals surface area contributed by atoms with E-state index >= 15 is 0 Å². The van der Waals surface area contributed by atoms with Gasteiger partial charge in [-0.05, 0) is 0 Å². The monoisotopic (exact) mass is 190 g/mol. The zero-order valence-corrected chi connectivity index (χ0v) is 7.13. The van der Waals surface area contributed by atoms with Crippen molar-refractivity contribution >= 4 is 15.7 Å². The van der Waals surface area contributed by atoms with E-state index in [0.717, 1.165) is 0 Å². The Labute approximate surface area is 70.2 Å². The summed E-state index contributed by atoms with van der Waals surface area (Å²) in [5.74, 6) is -0.0851. The van der Waals surface area contributed by atoms with Crippen LogP contribution in [0.2, 0.25) is 0 Å². The molecule has 1 aromatic heterocycles. The number of hydrogen-bond acceptors (Lipinski definition) is 4. The number of hydrogen-bond donors (Lipinski definition) is 3. The summed E-state index contributed by atoms with van der Waals surface area (Å²) < 4.78 is 24.4. The molecular weight excluding hydrogens is 180 g/mol. The highest BCUT2D eigenvalue weighted by Crippen LogP contribution is 2.03. The smallest absolute Gasteiger partial charge is 0.234 e. The molecule has 0 bridgehead atoms. The van der Waals surface area contributed by atoms with Crippen LogP contribution in [-0.4, -0.2) is 30.9 Å². The Morgan fingerprint density at radius 2 is 2.42 bits per heavy atom. The molecule has 0 fully saturated rings. The predicted molar refractivity (Wildman–Crippen MR) is 45.1 cm³/mol. The van der Waals surface area contributed by atoms with Crippen molar-refractivity contribution in [3.8, 4) is 0 Å². The van der Waals surface area contributed by atoms with Gasteiger partial charge in [0.15, 0.2) is 0 Å². The molecule has 0 atom stereocenters. The molecule has 0 aromatic carbocycles. The normalized spacial score (nSPS) is 11.4. The molecule has 7 heteroatoms. The molecule has 6 nitrogen and oxygen atoms in total. The van der Waals surface area contributed by atoms with E-state index in [0.29, 0.717) is 5.69 Å². The maximum atomic E-state index is 11.1. The van der Waals surface area contributed by atoms with Gasteiger partial charge in [0.1, 0.15) is 0 Å². The van der Waals surface area contributed by atoms with E-state index in [2.05, 4.69) is 14.9 Å². The van der Waals surface area contributed by atoms with Crippen molar-refractivity contribution in [2.24, 2.45) is 5.73 Å². The molecule has 68 valence electrons. The third-order valence-electron chi connectivity index (χ3n) is 1.16. The molecule has 0 aliphatic rings. The first kappa shape index (κ1) is 9.01. The van der Waals surface area contributed by atoms with Crippen molar-refractivity contribution in [1.29, 1.82) is 0 Å². The summed E-state index contributed by atoms with van der Waals surface area (Å²) in [6, 6.07) is 0. The van der Waals surface area contributed by atoms with Crippen molar-refractivity contribution < 1.29 is 8.42 Å². The van der Waals surface area contributed by atoms with Gasteiger partial charge >= 0.3 is 0 Å². The van der Waals surface area contributed by atoms with Crippen molar-refractivity contribution in [3.63, 3.8) is 0 Å². The summed E-state index contributed by atoms with van der Waals surface area (Å²) >= 11 is 0. The number of sulfonamides is 1. The summed E-state index contributed by atoms with van der Waals surface area (Å²) in [7, 11) is -3.29. The number of nitrogens with one attached hydrogen (secondary N) is 2. The van der Waals surface area contributed by atoms with E-state index in [9.17, 15) is 8.42 Å². The van der Waals surface area contributed by atoms with Crippen LogP contribution in [0, 0.1) is 0 Å². The van der Waals surface area contributed by atoms with Gasteiger partial charge in [-0.15, -0.1) is 0 Å². The van der Waals surface area contributed by atoms with Crippen LogP contribution >= 0.6 is 0 Å². The fourth-order valence-corrected chi connectivity index (χ4v) is 1.58. The number of anilines is 1. The molecule has 0 aliphatic heterocycles. The Balaban J connectivity index is 2.63. The topological polar surface area (TPSA) is 101 Å². The minimum absolute atomic E-state index is 0.0851. The first-order chi connectivity index (χ1) is 5.64. The van der Waals surface area contributed by atoms with E-state index in [1.54, 1.807) is 0 Å². The van der Waals surface area contributed by atoms with Crippen molar-refractivity contribution in [3.05, 3.63) is 12.4 Å². The van der Waals surface area contributed by atoms with Crippen molar-refractivity contribution in [1.82, 2.24) is 10.2 Å². The molecular formula is C5H10N4O2S. The highest BCUT2D eigenvalue weighted by Gasteiger charge is 2.08. The van der Waals surface area contributed by atoms with Crippen LogP contribution in [0.15, 0.2) is 12.4 Å². The minimum Gasteiger partial charge on any atom is -0.329 e. The zero-order valence-electron chi connectivity index (χ0n) is 6.32. The molecule has 1 aromatic rings. The number of nitrogens with zero attached hydrogens (tertiary/aromatic N) is 1. The fourth-order valence-electron chi connectivity index (χ4n) is 0.692. The molecule has 1 heterocycles. The second-order valence-corrected chi connectivity index (χ2v) is 4.04. The third kappa shape index (κ3) is 2.51. The SMILES string of the molecule is NCCS(=O)(=O)Nc1cn[nH]c1. The molecule has 0 amide bonds. The van der Waals surface area contributed by atoms with E-state index in [1.807, 2.05) is 0 Å². The summed E-state index contributed by atoms with van der Waals surface area (Å²) in [5, 5.41) is 6.07. The van der Waals surface area contributed by atoms with Gasteiger partial charge in [0.05, 0.1) is 17.6 Å². The first-order valence-corrected chi connectivity index (χ1v) is 4.98. The lowest BCUT2D eigenvalue weighted by atomic mass is 10.6. The Kier molecular flexibility index (Phi) is 2.66. The Morgan fingerprint density at radius 3 is 2.92 bits per heavy atom. The standard InChI is InChI=1S/C5H10N4O2S/c6-1-2-12(10,11)9-5-3-7-8-4-5/h3-4,9H,1-2,6H2,(H,7,8). The summed E-state index contributed by atoms with van der Waals surface area (Å²) in [5.41, 5.74) is 5.52. The van der Waals surface area contributed by atoms with Crippen LogP contribution in [0.25, 0.3) is 0 Å². The van der Waals surface area contributed by atoms with Crippen LogP contribution in [0.3, 0.4) is 0 Å². The lowest BCUT2D eigenvalue weighted by Crippen LogP contribution is -2.22. The second kappa shape index (κ2) is 3.55. The van der Waals surface area contributed by atoms with Crippen LogP contribution in [0.5, 0.6) is 0 Å². The largest absolute Gasteiger partial charge is 0.329 e. The van der Waals surface area contributed by atoms with E-state index < -0.39 is 10.0 Å². The number of nitrogens with two attached hydrogens (primary N) is 1. The number of H-pyrrole nitrogens is 1. The summed E-state index contributed by atoms with van der Waals surface area (Å²) in [6.07, 6.45) is 2.84. The number of aromatic nitrogens is 2. The van der Waals surface area contributed by atoms with Gasteiger partial charge < -0.3 is 5.73 Å². The fraction of sp³-hybridized carbons (Fsp3) is 0.400. The van der Waals surface area contributed by atoms with Crippen LogP contribution < -0.4 is 10.5 Å².